The van der Waals surface area contributed by atoms with Gasteiger partial charge < -0.3 is 5.11 Å². The summed E-state index contributed by atoms with van der Waals surface area (Å²) in [6.07, 6.45) is 16.2. The molecular formula is C31H54O. The van der Waals surface area contributed by atoms with E-state index >= 15 is 0 Å². The van der Waals surface area contributed by atoms with Gasteiger partial charge in [0.15, 0.2) is 0 Å². The van der Waals surface area contributed by atoms with Crippen LogP contribution >= 0.6 is 0 Å². The van der Waals surface area contributed by atoms with Gasteiger partial charge in [-0.15, -0.1) is 6.58 Å². The van der Waals surface area contributed by atoms with Crippen LogP contribution in [0.15, 0.2) is 12.2 Å². The van der Waals surface area contributed by atoms with Gasteiger partial charge in [-0.1, -0.05) is 59.5 Å². The zero-order chi connectivity index (χ0) is 23.3. The maximum absolute atomic E-state index is 10.9. The molecule has 0 aromatic carbocycles. The Bertz CT molecular complexity index is 665. The van der Waals surface area contributed by atoms with Crippen molar-refractivity contribution < 1.29 is 5.11 Å². The van der Waals surface area contributed by atoms with Crippen LogP contribution in [0, 0.1) is 58.2 Å². The third kappa shape index (κ3) is 4.27. The molecule has 32 heavy (non-hydrogen) atoms. The van der Waals surface area contributed by atoms with Gasteiger partial charge in [0.05, 0.1) is 6.10 Å². The van der Waals surface area contributed by atoms with Gasteiger partial charge in [-0.2, -0.15) is 0 Å². The fourth-order valence-corrected chi connectivity index (χ4v) is 10.2. The monoisotopic (exact) mass is 442 g/mol. The van der Waals surface area contributed by atoms with Gasteiger partial charge in [0.1, 0.15) is 0 Å². The molecule has 0 heterocycles. The molecule has 4 aliphatic carbocycles. The second kappa shape index (κ2) is 9.39. The second-order valence-electron chi connectivity index (χ2n) is 14.0. The standard InChI is InChI=1S/C31H54O/c1-20(2)9-8-10-22(5)25-13-14-26-23-11-12-27-24(19-21(3)4)29(32)16-18-31(27,7)28(23)15-17-30(25,26)6/h20,22-29,32H,3,8-19H2,1-2,4-7H3/t22-,23+,24+,25-,26+,27?,28+,29-,30-,31+/m1/s1. The first-order valence-corrected chi connectivity index (χ1v) is 14.4. The van der Waals surface area contributed by atoms with Crippen LogP contribution in [0.4, 0.5) is 0 Å². The fraction of sp³-hybridized carbons (Fsp3) is 0.935. The summed E-state index contributed by atoms with van der Waals surface area (Å²) in [5.74, 6) is 6.68. The molecule has 0 bridgehead atoms. The van der Waals surface area contributed by atoms with Crippen molar-refractivity contribution in [3.05, 3.63) is 12.2 Å². The van der Waals surface area contributed by atoms with Gasteiger partial charge in [-0.05, 0) is 123 Å². The molecule has 1 heteroatoms. The van der Waals surface area contributed by atoms with Crippen LogP contribution in [0.25, 0.3) is 0 Å². The third-order valence-corrected chi connectivity index (χ3v) is 11.7. The van der Waals surface area contributed by atoms with Gasteiger partial charge in [0.2, 0.25) is 0 Å². The molecule has 1 N–H and O–H groups in total. The van der Waals surface area contributed by atoms with Crippen molar-refractivity contribution in [2.45, 2.75) is 125 Å². The Kier molecular flexibility index (Phi) is 7.28. The lowest BCUT2D eigenvalue weighted by Crippen LogP contribution is -2.56. The molecule has 1 nitrogen and oxygen atoms in total. The maximum Gasteiger partial charge on any atom is 0.0574 e. The van der Waals surface area contributed by atoms with Crippen molar-refractivity contribution in [1.82, 2.24) is 0 Å². The molecule has 4 saturated carbocycles. The average molecular weight is 443 g/mol. The lowest BCUT2D eigenvalue weighted by atomic mass is 9.42. The van der Waals surface area contributed by atoms with Crippen LogP contribution in [-0.4, -0.2) is 11.2 Å². The normalized spacial score (nSPS) is 46.9. The number of fused-ring (bicyclic) bond motifs is 5. The molecule has 0 aromatic rings. The third-order valence-electron chi connectivity index (χ3n) is 11.7. The van der Waals surface area contributed by atoms with Crippen LogP contribution < -0.4 is 0 Å². The predicted molar refractivity (Wildman–Crippen MR) is 137 cm³/mol. The van der Waals surface area contributed by atoms with Crippen molar-refractivity contribution >= 4 is 0 Å². The Hall–Kier alpha value is -0.300. The van der Waals surface area contributed by atoms with E-state index in [1.807, 2.05) is 0 Å². The molecule has 0 spiro atoms. The van der Waals surface area contributed by atoms with Gasteiger partial charge in [0.25, 0.3) is 0 Å². The first kappa shape index (κ1) is 24.8. The molecule has 4 aliphatic rings. The highest BCUT2D eigenvalue weighted by Crippen LogP contribution is 2.69. The summed E-state index contributed by atoms with van der Waals surface area (Å²) in [6.45, 7) is 19.1. The minimum atomic E-state index is -0.0993. The Morgan fingerprint density at radius 3 is 2.22 bits per heavy atom. The zero-order valence-electron chi connectivity index (χ0n) is 22.3. The van der Waals surface area contributed by atoms with E-state index in [4.69, 9.17) is 0 Å². The Morgan fingerprint density at radius 2 is 1.53 bits per heavy atom. The van der Waals surface area contributed by atoms with Crippen LogP contribution in [0.5, 0.6) is 0 Å². The Labute approximate surface area is 200 Å². The molecule has 0 amide bonds. The molecule has 0 saturated heterocycles. The van der Waals surface area contributed by atoms with Crippen molar-refractivity contribution in [1.29, 1.82) is 0 Å². The van der Waals surface area contributed by atoms with E-state index in [9.17, 15) is 5.11 Å². The van der Waals surface area contributed by atoms with E-state index in [0.29, 0.717) is 22.7 Å². The summed E-state index contributed by atoms with van der Waals surface area (Å²) < 4.78 is 0. The van der Waals surface area contributed by atoms with Crippen LogP contribution in [0.1, 0.15) is 119 Å². The molecule has 0 aromatic heterocycles. The highest BCUT2D eigenvalue weighted by molar-refractivity contribution is 5.12. The summed E-state index contributed by atoms with van der Waals surface area (Å²) in [5.41, 5.74) is 2.30. The van der Waals surface area contributed by atoms with Crippen LogP contribution in [0.2, 0.25) is 0 Å². The van der Waals surface area contributed by atoms with Gasteiger partial charge in [0, 0.05) is 0 Å². The van der Waals surface area contributed by atoms with E-state index in [1.165, 1.54) is 69.8 Å². The smallest absolute Gasteiger partial charge is 0.0574 e. The first-order valence-electron chi connectivity index (χ1n) is 14.4. The fourth-order valence-electron chi connectivity index (χ4n) is 10.2. The van der Waals surface area contributed by atoms with Crippen molar-refractivity contribution in [3.8, 4) is 0 Å². The highest BCUT2D eigenvalue weighted by Gasteiger charge is 2.61. The number of allylic oxidation sites excluding steroid dienone is 1. The number of hydrogen-bond donors (Lipinski definition) is 1. The van der Waals surface area contributed by atoms with E-state index in [2.05, 4.69) is 48.1 Å². The summed E-state index contributed by atoms with van der Waals surface area (Å²) in [6, 6.07) is 0. The zero-order valence-corrected chi connectivity index (χ0v) is 22.3. The van der Waals surface area contributed by atoms with E-state index in [0.717, 1.165) is 48.3 Å². The quantitative estimate of drug-likeness (QED) is 0.391. The Morgan fingerprint density at radius 1 is 0.875 bits per heavy atom. The second-order valence-corrected chi connectivity index (χ2v) is 14.0. The summed E-state index contributed by atoms with van der Waals surface area (Å²) in [4.78, 5) is 0. The maximum atomic E-state index is 10.9. The highest BCUT2D eigenvalue weighted by atomic mass is 16.3. The molecule has 184 valence electrons. The molecule has 0 radical (unpaired) electrons. The molecule has 4 rings (SSSR count). The van der Waals surface area contributed by atoms with Gasteiger partial charge in [-0.25, -0.2) is 0 Å². The molecule has 4 fully saturated rings. The predicted octanol–water partition coefficient (Wildman–Crippen LogP) is 8.66. The van der Waals surface area contributed by atoms with E-state index < -0.39 is 0 Å². The largest absolute Gasteiger partial charge is 0.393 e. The number of aliphatic hydroxyl groups excluding tert-OH is 1. The van der Waals surface area contributed by atoms with E-state index in [-0.39, 0.29) is 6.10 Å². The number of rotatable bonds is 7. The minimum Gasteiger partial charge on any atom is -0.393 e. The Balaban J connectivity index is 1.49. The molecule has 10 atom stereocenters. The summed E-state index contributed by atoms with van der Waals surface area (Å²) in [7, 11) is 0. The summed E-state index contributed by atoms with van der Waals surface area (Å²) in [5, 5.41) is 10.9. The topological polar surface area (TPSA) is 20.2 Å². The average Bonchev–Trinajstić information content (AvgIpc) is 3.07. The lowest BCUT2D eigenvalue weighted by Gasteiger charge is -2.63. The SMILES string of the molecule is C=C(C)C[C@H]1C2CC[C@H]3[C@@H]4CC[C@H]([C@H](C)CCCC(C)C)[C@@]4(C)CC[C@@H]3[C@@]2(C)CC[C@H]1O. The van der Waals surface area contributed by atoms with Gasteiger partial charge in [-0.3, -0.25) is 0 Å². The van der Waals surface area contributed by atoms with Crippen LogP contribution in [-0.2, 0) is 0 Å². The van der Waals surface area contributed by atoms with Crippen molar-refractivity contribution in [3.63, 3.8) is 0 Å². The molecular weight excluding hydrogens is 388 g/mol. The van der Waals surface area contributed by atoms with Crippen molar-refractivity contribution in [2.24, 2.45) is 58.2 Å². The molecule has 1 unspecified atom stereocenters. The number of hydrogen-bond acceptors (Lipinski definition) is 1. The van der Waals surface area contributed by atoms with Crippen LogP contribution in [0.3, 0.4) is 0 Å². The van der Waals surface area contributed by atoms with E-state index in [1.54, 1.807) is 0 Å². The van der Waals surface area contributed by atoms with Crippen molar-refractivity contribution in [2.75, 3.05) is 0 Å². The lowest BCUT2D eigenvalue weighted by molar-refractivity contribution is -0.152. The first-order chi connectivity index (χ1) is 15.1. The number of aliphatic hydroxyl groups is 1. The minimum absolute atomic E-state index is 0.0993. The van der Waals surface area contributed by atoms with Gasteiger partial charge >= 0.3 is 0 Å². The molecule has 0 aliphatic heterocycles. The summed E-state index contributed by atoms with van der Waals surface area (Å²) >= 11 is 0.